The molecular formula is C27H44N2O3S2. The first-order valence-corrected chi connectivity index (χ1v) is 14.4. The van der Waals surface area contributed by atoms with Gasteiger partial charge in [-0.15, -0.1) is 0 Å². The Kier molecular flexibility index (Phi) is 18.6. The summed E-state index contributed by atoms with van der Waals surface area (Å²) in [7, 11) is 0. The number of aliphatic carboxylic acids is 1. The van der Waals surface area contributed by atoms with Crippen LogP contribution >= 0.6 is 23.6 Å². The fraction of sp³-hybridized carbons (Fsp3) is 0.667. The number of ether oxygens (including phenoxy) is 1. The fourth-order valence-electron chi connectivity index (χ4n) is 3.53. The number of carbonyl (C=O) groups is 1. The molecule has 0 unspecified atom stereocenters. The molecule has 1 aromatic heterocycles. The van der Waals surface area contributed by atoms with Crippen LogP contribution < -0.4 is 15.2 Å². The van der Waals surface area contributed by atoms with Gasteiger partial charge in [-0.05, 0) is 56.5 Å². The molecule has 7 heteroatoms. The molecule has 0 aliphatic heterocycles. The maximum atomic E-state index is 10.3. The van der Waals surface area contributed by atoms with Crippen molar-refractivity contribution in [2.45, 2.75) is 104 Å². The minimum atomic E-state index is -1.14. The molecule has 192 valence electrons. The minimum Gasteiger partial charge on any atom is -0.550 e. The van der Waals surface area contributed by atoms with Gasteiger partial charge in [-0.1, -0.05) is 88.7 Å². The summed E-state index contributed by atoms with van der Waals surface area (Å²) < 4.78 is 6.30. The first-order chi connectivity index (χ1) is 16.6. The number of carboxylic acids is 1. The highest BCUT2D eigenvalue weighted by molar-refractivity contribution is 7.80. The lowest BCUT2D eigenvalue weighted by Gasteiger charge is -2.03. The molecule has 2 N–H and O–H groups in total. The van der Waals surface area contributed by atoms with Crippen LogP contribution in [-0.2, 0) is 4.79 Å². The zero-order valence-electron chi connectivity index (χ0n) is 21.2. The summed E-state index contributed by atoms with van der Waals surface area (Å²) in [6.07, 6.45) is 17.2. The van der Waals surface area contributed by atoms with Crippen LogP contribution in [0.1, 0.15) is 104 Å². The van der Waals surface area contributed by atoms with Crippen LogP contribution in [0.25, 0.3) is 10.2 Å². The van der Waals surface area contributed by atoms with Gasteiger partial charge in [0.2, 0.25) is 0 Å². The predicted molar refractivity (Wildman–Crippen MR) is 145 cm³/mol. The summed E-state index contributed by atoms with van der Waals surface area (Å²) in [6.45, 7) is 7.30. The Morgan fingerprint density at radius 2 is 1.47 bits per heavy atom. The number of carbonyl (C=O) groups excluding carboxylic acids is 1. The molecule has 1 aromatic carbocycles. The lowest BCUT2D eigenvalue weighted by molar-refractivity contribution is -0.655. The topological polar surface area (TPSA) is 78.9 Å². The molecule has 0 radical (unpaired) electrons. The summed E-state index contributed by atoms with van der Waals surface area (Å²) in [6, 6.07) is 7.62. The van der Waals surface area contributed by atoms with E-state index in [4.69, 9.17) is 17.0 Å². The molecule has 0 amide bonds. The third-order valence-corrected chi connectivity index (χ3v) is 6.73. The number of para-hydroxylation sites is 1. The van der Waals surface area contributed by atoms with E-state index in [9.17, 15) is 9.90 Å². The number of nitrogens with zero attached hydrogens (tertiary/aromatic N) is 1. The van der Waals surface area contributed by atoms with Gasteiger partial charge in [-0.2, -0.15) is 0 Å². The molecule has 0 atom stereocenters. The second-order valence-electron chi connectivity index (χ2n) is 8.70. The van der Waals surface area contributed by atoms with Crippen molar-refractivity contribution in [3.05, 3.63) is 24.3 Å². The van der Waals surface area contributed by atoms with Crippen LogP contribution in [0.15, 0.2) is 24.3 Å². The van der Waals surface area contributed by atoms with E-state index < -0.39 is 5.97 Å². The maximum Gasteiger partial charge on any atom is 0.280 e. The van der Waals surface area contributed by atoms with Gasteiger partial charge in [-0.25, -0.2) is 4.98 Å². The molecule has 1 heterocycles. The smallest absolute Gasteiger partial charge is 0.280 e. The molecule has 0 spiro atoms. The van der Waals surface area contributed by atoms with Crippen molar-refractivity contribution in [2.24, 2.45) is 0 Å². The molecule has 0 bridgehead atoms. The van der Waals surface area contributed by atoms with Gasteiger partial charge in [0.25, 0.3) is 5.19 Å². The van der Waals surface area contributed by atoms with Crippen molar-refractivity contribution in [3.63, 3.8) is 0 Å². The van der Waals surface area contributed by atoms with Gasteiger partial charge in [-0.3, -0.25) is 0 Å². The number of benzene rings is 1. The number of hydrogen-bond acceptors (Lipinski definition) is 6. The lowest BCUT2D eigenvalue weighted by atomic mass is 10.1. The fourth-order valence-corrected chi connectivity index (χ4v) is 4.60. The molecular weight excluding hydrogens is 464 g/mol. The molecule has 2 aromatic rings. The number of carboxylic acid groups (broad SMARTS) is 1. The molecule has 0 fully saturated rings. The van der Waals surface area contributed by atoms with E-state index >= 15 is 0 Å². The Hall–Kier alpha value is -1.57. The number of aromatic nitrogens is 1. The summed E-state index contributed by atoms with van der Waals surface area (Å²) in [5.41, 5.74) is 0.843. The van der Waals surface area contributed by atoms with Crippen molar-refractivity contribution in [1.29, 1.82) is 0 Å². The second-order valence-corrected chi connectivity index (χ2v) is 10.1. The van der Waals surface area contributed by atoms with Gasteiger partial charge in [0, 0.05) is 12.4 Å². The van der Waals surface area contributed by atoms with E-state index in [1.807, 2.05) is 24.3 Å². The van der Waals surface area contributed by atoms with E-state index in [-0.39, 0.29) is 17.9 Å². The molecule has 0 aliphatic carbocycles. The molecule has 0 saturated heterocycles. The minimum absolute atomic E-state index is 0.135. The molecule has 34 heavy (non-hydrogen) atoms. The SMILES string of the molecule is CCCCCCCC[NH2+]CCCCCCCC.O=C([O-])CCC(=S)Oc1nc2ccccc2s1. The number of nitrogens with two attached hydrogens (primary N) is 1. The number of thiazole rings is 1. The largest absolute Gasteiger partial charge is 0.550 e. The lowest BCUT2D eigenvalue weighted by Crippen LogP contribution is -2.84. The van der Waals surface area contributed by atoms with Gasteiger partial charge in [0.05, 0.1) is 23.3 Å². The summed E-state index contributed by atoms with van der Waals surface area (Å²) in [5, 5.41) is 13.4. The van der Waals surface area contributed by atoms with Crippen LogP contribution in [0.4, 0.5) is 0 Å². The number of fused-ring (bicyclic) bond motifs is 1. The molecule has 0 aliphatic rings. The molecule has 5 nitrogen and oxygen atoms in total. The number of hydrogen-bond donors (Lipinski definition) is 1. The number of quaternary nitrogens is 1. The Balaban J connectivity index is 0.000000340. The normalized spacial score (nSPS) is 10.6. The second kappa shape index (κ2) is 20.8. The number of rotatable bonds is 18. The number of thiocarbonyl (C=S) groups is 1. The van der Waals surface area contributed by atoms with Gasteiger partial charge in [0.15, 0.2) is 5.05 Å². The van der Waals surface area contributed by atoms with E-state index in [0.29, 0.717) is 5.19 Å². The quantitative estimate of drug-likeness (QED) is 0.203. The monoisotopic (exact) mass is 508 g/mol. The van der Waals surface area contributed by atoms with Crippen molar-refractivity contribution in [2.75, 3.05) is 13.1 Å². The zero-order chi connectivity index (χ0) is 24.9. The van der Waals surface area contributed by atoms with E-state index in [0.717, 1.165) is 10.2 Å². The van der Waals surface area contributed by atoms with E-state index in [1.54, 1.807) is 0 Å². The van der Waals surface area contributed by atoms with Crippen molar-refractivity contribution in [3.8, 4) is 5.19 Å². The van der Waals surface area contributed by atoms with Crippen molar-refractivity contribution >= 4 is 44.8 Å². The van der Waals surface area contributed by atoms with Crippen LogP contribution in [0.2, 0.25) is 0 Å². The highest BCUT2D eigenvalue weighted by Crippen LogP contribution is 2.27. The van der Waals surface area contributed by atoms with E-state index in [2.05, 4.69) is 24.1 Å². The zero-order valence-corrected chi connectivity index (χ0v) is 22.8. The highest BCUT2D eigenvalue weighted by atomic mass is 32.1. The van der Waals surface area contributed by atoms with Crippen LogP contribution in [0, 0.1) is 0 Å². The van der Waals surface area contributed by atoms with Crippen LogP contribution in [0.3, 0.4) is 0 Å². The van der Waals surface area contributed by atoms with Crippen LogP contribution in [0.5, 0.6) is 5.19 Å². The van der Waals surface area contributed by atoms with Gasteiger partial charge in [0.1, 0.15) is 0 Å². The van der Waals surface area contributed by atoms with Gasteiger partial charge < -0.3 is 20.0 Å². The number of unbranched alkanes of at least 4 members (excludes halogenated alkanes) is 10. The predicted octanol–water partition coefficient (Wildman–Crippen LogP) is 5.80. The summed E-state index contributed by atoms with van der Waals surface area (Å²) >= 11 is 6.29. The van der Waals surface area contributed by atoms with Crippen molar-refractivity contribution < 1.29 is 20.0 Å². The Morgan fingerprint density at radius 3 is 2.03 bits per heavy atom. The molecule has 2 rings (SSSR count). The maximum absolute atomic E-state index is 10.3. The first kappa shape index (κ1) is 30.5. The Morgan fingerprint density at radius 1 is 0.912 bits per heavy atom. The van der Waals surface area contributed by atoms with E-state index in [1.165, 1.54) is 101 Å². The highest BCUT2D eigenvalue weighted by Gasteiger charge is 2.07. The first-order valence-electron chi connectivity index (χ1n) is 13.1. The average Bonchev–Trinajstić information content (AvgIpc) is 3.23. The average molecular weight is 509 g/mol. The third kappa shape index (κ3) is 16.1. The Bertz CT molecular complexity index is 748. The van der Waals surface area contributed by atoms with Crippen molar-refractivity contribution in [1.82, 2.24) is 4.98 Å². The third-order valence-electron chi connectivity index (χ3n) is 5.53. The summed E-state index contributed by atoms with van der Waals surface area (Å²) in [5.74, 6) is -1.14. The molecule has 0 saturated carbocycles. The van der Waals surface area contributed by atoms with Gasteiger partial charge >= 0.3 is 0 Å². The summed E-state index contributed by atoms with van der Waals surface area (Å²) in [4.78, 5) is 14.5. The van der Waals surface area contributed by atoms with Crippen LogP contribution in [-0.4, -0.2) is 29.1 Å². The Labute approximate surface area is 215 Å². The standard InChI is InChI=1S/C16H35N.C11H9NO3S2/c1-3-5-7-9-11-13-15-17-16-14-12-10-8-6-4-2;13-9(14)5-6-10(16)15-11-12-7-3-1-2-4-8(7)17-11/h17H,3-16H2,1-2H3;1-4H,5-6H2,(H,13,14).